The van der Waals surface area contributed by atoms with Crippen LogP contribution in [0.3, 0.4) is 0 Å². The first kappa shape index (κ1) is 18.9. The molecular formula is C23H19ClN4O. The van der Waals surface area contributed by atoms with Crippen molar-refractivity contribution in [1.82, 2.24) is 20.1 Å². The molecule has 0 fully saturated rings. The Balaban J connectivity index is 1.38. The number of pyridine rings is 1. The maximum Gasteiger partial charge on any atom is 0.253 e. The van der Waals surface area contributed by atoms with Crippen LogP contribution in [0.2, 0.25) is 5.02 Å². The topological polar surface area (TPSA) is 59.8 Å². The zero-order chi connectivity index (χ0) is 20.1. The normalized spacial score (nSPS) is 10.7. The van der Waals surface area contributed by atoms with E-state index in [0.717, 1.165) is 16.8 Å². The Kier molecular flexibility index (Phi) is 5.68. The molecule has 4 aromatic rings. The summed E-state index contributed by atoms with van der Waals surface area (Å²) in [4.78, 5) is 16.8. The average Bonchev–Trinajstić information content (AvgIpc) is 3.22. The second-order valence-electron chi connectivity index (χ2n) is 6.65. The smallest absolute Gasteiger partial charge is 0.253 e. The molecule has 144 valence electrons. The average molecular weight is 403 g/mol. The maximum atomic E-state index is 12.3. The fourth-order valence-electron chi connectivity index (χ4n) is 2.94. The number of carbonyl (C=O) groups excluding carboxylic acids is 1. The van der Waals surface area contributed by atoms with Gasteiger partial charge in [-0.1, -0.05) is 54.1 Å². The van der Waals surface area contributed by atoms with Gasteiger partial charge in [-0.15, -0.1) is 0 Å². The summed E-state index contributed by atoms with van der Waals surface area (Å²) in [6.45, 7) is 1.13. The number of benzene rings is 2. The van der Waals surface area contributed by atoms with Gasteiger partial charge in [-0.3, -0.25) is 14.5 Å². The highest BCUT2D eigenvalue weighted by atomic mass is 35.5. The number of nitrogens with zero attached hydrogens (tertiary/aromatic N) is 3. The Labute approximate surface area is 174 Å². The Bertz CT molecular complexity index is 1090. The molecule has 0 unspecified atom stereocenters. The maximum absolute atomic E-state index is 12.3. The van der Waals surface area contributed by atoms with Crippen LogP contribution in [0.5, 0.6) is 0 Å². The monoisotopic (exact) mass is 402 g/mol. The van der Waals surface area contributed by atoms with E-state index < -0.39 is 0 Å². The number of rotatable bonds is 6. The van der Waals surface area contributed by atoms with E-state index in [1.165, 1.54) is 5.56 Å². The number of hydrogen-bond acceptors (Lipinski definition) is 3. The van der Waals surface area contributed by atoms with Crippen LogP contribution in [-0.2, 0) is 13.1 Å². The molecule has 6 heteroatoms. The van der Waals surface area contributed by atoms with Gasteiger partial charge in [-0.25, -0.2) is 0 Å². The first-order chi connectivity index (χ1) is 14.2. The molecule has 29 heavy (non-hydrogen) atoms. The van der Waals surface area contributed by atoms with Gasteiger partial charge in [-0.2, -0.15) is 5.10 Å². The Morgan fingerprint density at radius 1 is 0.931 bits per heavy atom. The molecule has 1 N–H and O–H groups in total. The number of aromatic nitrogens is 3. The van der Waals surface area contributed by atoms with Gasteiger partial charge < -0.3 is 5.32 Å². The van der Waals surface area contributed by atoms with Crippen LogP contribution >= 0.6 is 11.6 Å². The van der Waals surface area contributed by atoms with Crippen molar-refractivity contribution in [3.63, 3.8) is 0 Å². The van der Waals surface area contributed by atoms with Gasteiger partial charge in [0, 0.05) is 29.5 Å². The van der Waals surface area contributed by atoms with Gasteiger partial charge in [0.2, 0.25) is 0 Å². The molecule has 2 aromatic heterocycles. The zero-order valence-electron chi connectivity index (χ0n) is 15.6. The summed E-state index contributed by atoms with van der Waals surface area (Å²) in [7, 11) is 0. The highest BCUT2D eigenvalue weighted by Crippen LogP contribution is 2.17. The standard InChI is InChI=1S/C23H19ClN4O/c24-21-9-6-17(7-10-21)12-26-23(29)19-8-11-22(25-13-19)20-14-27-28(16-20)15-18-4-2-1-3-5-18/h1-11,13-14,16H,12,15H2,(H,26,29). The molecule has 0 aliphatic carbocycles. The highest BCUT2D eigenvalue weighted by molar-refractivity contribution is 6.30. The molecule has 4 rings (SSSR count). The van der Waals surface area contributed by atoms with Crippen LogP contribution in [0.25, 0.3) is 11.3 Å². The quantitative estimate of drug-likeness (QED) is 0.513. The summed E-state index contributed by atoms with van der Waals surface area (Å²) < 4.78 is 1.87. The van der Waals surface area contributed by atoms with Crippen molar-refractivity contribution in [1.29, 1.82) is 0 Å². The van der Waals surface area contributed by atoms with E-state index in [0.29, 0.717) is 23.7 Å². The van der Waals surface area contributed by atoms with Crippen LogP contribution in [0.4, 0.5) is 0 Å². The van der Waals surface area contributed by atoms with Gasteiger partial charge in [0.15, 0.2) is 0 Å². The molecule has 0 radical (unpaired) electrons. The summed E-state index contributed by atoms with van der Waals surface area (Å²) in [5.74, 6) is -0.168. The number of nitrogens with one attached hydrogen (secondary N) is 1. The van der Waals surface area contributed by atoms with Crippen molar-refractivity contribution in [2.45, 2.75) is 13.1 Å². The molecule has 0 aliphatic heterocycles. The van der Waals surface area contributed by atoms with Crippen LogP contribution in [-0.4, -0.2) is 20.7 Å². The lowest BCUT2D eigenvalue weighted by atomic mass is 10.2. The van der Waals surface area contributed by atoms with Gasteiger partial charge in [-0.05, 0) is 35.4 Å². The van der Waals surface area contributed by atoms with E-state index in [-0.39, 0.29) is 5.91 Å². The lowest BCUT2D eigenvalue weighted by Gasteiger charge is -2.06. The van der Waals surface area contributed by atoms with Crippen LogP contribution in [0.1, 0.15) is 21.5 Å². The molecule has 1 amide bonds. The van der Waals surface area contributed by atoms with Crippen LogP contribution < -0.4 is 5.32 Å². The van der Waals surface area contributed by atoms with Crippen LogP contribution in [0.15, 0.2) is 85.3 Å². The minimum Gasteiger partial charge on any atom is -0.348 e. The first-order valence-electron chi connectivity index (χ1n) is 9.23. The lowest BCUT2D eigenvalue weighted by molar-refractivity contribution is 0.0950. The molecule has 2 heterocycles. The van der Waals surface area contributed by atoms with E-state index >= 15 is 0 Å². The molecule has 0 saturated heterocycles. The summed E-state index contributed by atoms with van der Waals surface area (Å²) in [6, 6.07) is 21.1. The molecule has 0 bridgehead atoms. The summed E-state index contributed by atoms with van der Waals surface area (Å²) >= 11 is 5.88. The predicted molar refractivity (Wildman–Crippen MR) is 114 cm³/mol. The highest BCUT2D eigenvalue weighted by Gasteiger charge is 2.08. The van der Waals surface area contributed by atoms with E-state index in [2.05, 4.69) is 27.5 Å². The minimum atomic E-state index is -0.168. The van der Waals surface area contributed by atoms with Crippen molar-refractivity contribution in [2.75, 3.05) is 0 Å². The lowest BCUT2D eigenvalue weighted by Crippen LogP contribution is -2.22. The third-order valence-electron chi connectivity index (χ3n) is 4.51. The second kappa shape index (κ2) is 8.71. The molecule has 0 atom stereocenters. The Morgan fingerprint density at radius 2 is 1.72 bits per heavy atom. The predicted octanol–water partition coefficient (Wildman–Crippen LogP) is 4.58. The first-order valence-corrected chi connectivity index (χ1v) is 9.60. The largest absolute Gasteiger partial charge is 0.348 e. The van der Waals surface area contributed by atoms with Crippen molar-refractivity contribution < 1.29 is 4.79 Å². The number of hydrogen-bond donors (Lipinski definition) is 1. The Hall–Kier alpha value is -3.44. The molecule has 0 saturated carbocycles. The van der Waals surface area contributed by atoms with Gasteiger partial charge in [0.05, 0.1) is 24.0 Å². The summed E-state index contributed by atoms with van der Waals surface area (Å²) in [5.41, 5.74) is 4.37. The van der Waals surface area contributed by atoms with Crippen molar-refractivity contribution >= 4 is 17.5 Å². The summed E-state index contributed by atoms with van der Waals surface area (Å²) in [6.07, 6.45) is 5.32. The second-order valence-corrected chi connectivity index (χ2v) is 7.09. The fourth-order valence-corrected chi connectivity index (χ4v) is 3.06. The molecule has 0 aliphatic rings. The van der Waals surface area contributed by atoms with Gasteiger partial charge in [0.25, 0.3) is 5.91 Å². The molecule has 0 spiro atoms. The number of carbonyl (C=O) groups is 1. The number of halogens is 1. The third kappa shape index (κ3) is 4.89. The van der Waals surface area contributed by atoms with Gasteiger partial charge >= 0.3 is 0 Å². The minimum absolute atomic E-state index is 0.168. The molecular weight excluding hydrogens is 384 g/mol. The zero-order valence-corrected chi connectivity index (χ0v) is 16.4. The molecule has 5 nitrogen and oxygen atoms in total. The van der Waals surface area contributed by atoms with E-state index in [9.17, 15) is 4.79 Å². The Morgan fingerprint density at radius 3 is 2.45 bits per heavy atom. The fraction of sp³-hybridized carbons (Fsp3) is 0.0870. The van der Waals surface area contributed by atoms with E-state index in [4.69, 9.17) is 11.6 Å². The van der Waals surface area contributed by atoms with Crippen molar-refractivity contribution in [3.8, 4) is 11.3 Å². The number of amides is 1. The van der Waals surface area contributed by atoms with E-state index in [1.54, 1.807) is 30.6 Å². The van der Waals surface area contributed by atoms with Crippen LogP contribution in [0, 0.1) is 0 Å². The van der Waals surface area contributed by atoms with Crippen molar-refractivity contribution in [2.24, 2.45) is 0 Å². The third-order valence-corrected chi connectivity index (χ3v) is 4.76. The van der Waals surface area contributed by atoms with E-state index in [1.807, 2.05) is 47.3 Å². The summed E-state index contributed by atoms with van der Waals surface area (Å²) in [5, 5.41) is 7.96. The van der Waals surface area contributed by atoms with Crippen molar-refractivity contribution in [3.05, 3.63) is 107 Å². The molecule has 2 aromatic carbocycles. The SMILES string of the molecule is O=C(NCc1ccc(Cl)cc1)c1ccc(-c2cnn(Cc3ccccc3)c2)nc1. The van der Waals surface area contributed by atoms with Gasteiger partial charge in [0.1, 0.15) is 0 Å².